The smallest absolute Gasteiger partial charge is 0.332 e. The summed E-state index contributed by atoms with van der Waals surface area (Å²) in [7, 11) is 0. The van der Waals surface area contributed by atoms with Gasteiger partial charge in [-0.15, -0.1) is 11.3 Å². The standard InChI is InChI=1S/C11H14N4O5S/c1-5-9(10(19)15(5)20-3-8(17)18)14-7(16)2-6-4-21-11(12)13-6/h4-5,9H,2-3H2,1H3,(H2,12,13)(H,14,16)(H,17,18)/t5-,9-/m0/s1. The van der Waals surface area contributed by atoms with Crippen molar-refractivity contribution in [1.82, 2.24) is 15.4 Å². The summed E-state index contributed by atoms with van der Waals surface area (Å²) in [6.45, 7) is 1.05. The quantitative estimate of drug-likeness (QED) is 0.573. The van der Waals surface area contributed by atoms with Crippen molar-refractivity contribution in [3.63, 3.8) is 0 Å². The number of anilines is 1. The van der Waals surface area contributed by atoms with Gasteiger partial charge in [0, 0.05) is 5.38 Å². The molecular formula is C11H14N4O5S. The average Bonchev–Trinajstić information content (AvgIpc) is 2.81. The summed E-state index contributed by atoms with van der Waals surface area (Å²) < 4.78 is 0. The second-order valence-corrected chi connectivity index (χ2v) is 5.36. The minimum absolute atomic E-state index is 0.0280. The number of amides is 2. The van der Waals surface area contributed by atoms with Gasteiger partial charge < -0.3 is 16.2 Å². The Kier molecular flexibility index (Phi) is 4.38. The molecule has 9 nitrogen and oxygen atoms in total. The van der Waals surface area contributed by atoms with Gasteiger partial charge in [0.1, 0.15) is 6.04 Å². The molecule has 114 valence electrons. The number of carbonyl (C=O) groups is 3. The van der Waals surface area contributed by atoms with Crippen LogP contribution in [0.15, 0.2) is 5.38 Å². The van der Waals surface area contributed by atoms with Crippen LogP contribution in [0, 0.1) is 0 Å². The molecule has 1 aliphatic rings. The fraction of sp³-hybridized carbons (Fsp3) is 0.455. The number of aromatic nitrogens is 1. The van der Waals surface area contributed by atoms with Gasteiger partial charge in [-0.25, -0.2) is 14.8 Å². The summed E-state index contributed by atoms with van der Waals surface area (Å²) >= 11 is 1.23. The normalized spacial score (nSPS) is 21.0. The van der Waals surface area contributed by atoms with Crippen molar-refractivity contribution in [2.45, 2.75) is 25.4 Å². The summed E-state index contributed by atoms with van der Waals surface area (Å²) in [4.78, 5) is 42.7. The number of nitrogens with two attached hydrogens (primary N) is 1. The summed E-state index contributed by atoms with van der Waals surface area (Å²) in [5.74, 6) is -2.01. The molecule has 0 aromatic carbocycles. The number of hydroxylamine groups is 2. The van der Waals surface area contributed by atoms with Crippen molar-refractivity contribution in [3.05, 3.63) is 11.1 Å². The molecular weight excluding hydrogens is 300 g/mol. The van der Waals surface area contributed by atoms with Crippen LogP contribution in [0.3, 0.4) is 0 Å². The number of thiazole rings is 1. The molecule has 21 heavy (non-hydrogen) atoms. The Morgan fingerprint density at radius 2 is 2.33 bits per heavy atom. The third-order valence-electron chi connectivity index (χ3n) is 2.89. The zero-order valence-corrected chi connectivity index (χ0v) is 11.9. The van der Waals surface area contributed by atoms with Gasteiger partial charge in [0.15, 0.2) is 11.7 Å². The first-order valence-electron chi connectivity index (χ1n) is 6.05. The molecule has 2 heterocycles. The lowest BCUT2D eigenvalue weighted by molar-refractivity contribution is -0.233. The van der Waals surface area contributed by atoms with Crippen LogP contribution in [0.1, 0.15) is 12.6 Å². The van der Waals surface area contributed by atoms with Crippen molar-refractivity contribution < 1.29 is 24.3 Å². The first-order valence-corrected chi connectivity index (χ1v) is 6.93. The highest BCUT2D eigenvalue weighted by molar-refractivity contribution is 7.13. The topological polar surface area (TPSA) is 135 Å². The minimum atomic E-state index is -1.18. The number of rotatable bonds is 6. The van der Waals surface area contributed by atoms with Crippen LogP contribution in [0.5, 0.6) is 0 Å². The Labute approximate surface area is 123 Å². The summed E-state index contributed by atoms with van der Waals surface area (Å²) in [6.07, 6.45) is 0.0280. The molecule has 2 rings (SSSR count). The van der Waals surface area contributed by atoms with Crippen molar-refractivity contribution in [3.8, 4) is 0 Å². The maximum atomic E-state index is 11.8. The van der Waals surface area contributed by atoms with Gasteiger partial charge in [-0.1, -0.05) is 0 Å². The van der Waals surface area contributed by atoms with E-state index in [1.54, 1.807) is 12.3 Å². The number of hydrogen-bond donors (Lipinski definition) is 3. The van der Waals surface area contributed by atoms with Crippen molar-refractivity contribution in [2.75, 3.05) is 12.3 Å². The molecule has 0 spiro atoms. The first kappa shape index (κ1) is 15.2. The van der Waals surface area contributed by atoms with Crippen LogP contribution in [-0.2, 0) is 25.6 Å². The van der Waals surface area contributed by atoms with E-state index in [4.69, 9.17) is 15.7 Å². The van der Waals surface area contributed by atoms with Gasteiger partial charge in [0.2, 0.25) is 5.91 Å². The van der Waals surface area contributed by atoms with E-state index in [1.807, 2.05) is 0 Å². The van der Waals surface area contributed by atoms with E-state index in [2.05, 4.69) is 10.3 Å². The number of aliphatic carboxylic acids is 1. The van der Waals surface area contributed by atoms with Gasteiger partial charge in [0.05, 0.1) is 18.2 Å². The zero-order valence-electron chi connectivity index (χ0n) is 11.1. The van der Waals surface area contributed by atoms with Crippen LogP contribution in [0.2, 0.25) is 0 Å². The Hall–Kier alpha value is -2.20. The van der Waals surface area contributed by atoms with E-state index in [1.165, 1.54) is 11.3 Å². The number of carbonyl (C=O) groups excluding carboxylic acids is 2. The van der Waals surface area contributed by atoms with E-state index in [-0.39, 0.29) is 12.3 Å². The molecule has 0 radical (unpaired) electrons. The molecule has 0 bridgehead atoms. The largest absolute Gasteiger partial charge is 0.479 e. The molecule has 1 aromatic rings. The lowest BCUT2D eigenvalue weighted by atomic mass is 10.00. The highest BCUT2D eigenvalue weighted by Gasteiger charge is 2.46. The highest BCUT2D eigenvalue weighted by Crippen LogP contribution is 2.20. The number of nitrogens with one attached hydrogen (secondary N) is 1. The molecule has 4 N–H and O–H groups in total. The molecule has 1 fully saturated rings. The number of nitrogens with zero attached hydrogens (tertiary/aromatic N) is 2. The SMILES string of the molecule is C[C@H]1[C@H](NC(=O)Cc2csc(N)n2)C(=O)N1OCC(=O)O. The van der Waals surface area contributed by atoms with Crippen LogP contribution < -0.4 is 11.1 Å². The number of carboxylic acids is 1. The van der Waals surface area contributed by atoms with Crippen molar-refractivity contribution in [1.29, 1.82) is 0 Å². The molecule has 10 heteroatoms. The van der Waals surface area contributed by atoms with Crippen LogP contribution >= 0.6 is 11.3 Å². The van der Waals surface area contributed by atoms with Crippen LogP contribution in [0.4, 0.5) is 5.13 Å². The lowest BCUT2D eigenvalue weighted by Crippen LogP contribution is -2.69. The summed E-state index contributed by atoms with van der Waals surface area (Å²) in [5, 5.41) is 14.0. The molecule has 2 amide bonds. The van der Waals surface area contributed by atoms with Gasteiger partial charge in [0.25, 0.3) is 5.91 Å². The van der Waals surface area contributed by atoms with Crippen molar-refractivity contribution in [2.24, 2.45) is 0 Å². The number of β-lactam (4-membered cyclic amide) rings is 1. The van der Waals surface area contributed by atoms with Gasteiger partial charge >= 0.3 is 5.97 Å². The molecule has 0 unspecified atom stereocenters. The second kappa shape index (κ2) is 6.06. The second-order valence-electron chi connectivity index (χ2n) is 4.47. The maximum Gasteiger partial charge on any atom is 0.332 e. The van der Waals surface area contributed by atoms with Gasteiger partial charge in [-0.05, 0) is 6.92 Å². The van der Waals surface area contributed by atoms with Crippen LogP contribution in [-0.4, -0.2) is 51.6 Å². The number of carboxylic acid groups (broad SMARTS) is 1. The minimum Gasteiger partial charge on any atom is -0.479 e. The van der Waals surface area contributed by atoms with E-state index in [0.717, 1.165) is 5.06 Å². The van der Waals surface area contributed by atoms with Gasteiger partial charge in [-0.2, -0.15) is 0 Å². The first-order chi connectivity index (χ1) is 9.88. The Bertz CT molecular complexity index is 575. The maximum absolute atomic E-state index is 11.8. The highest BCUT2D eigenvalue weighted by atomic mass is 32.1. The fourth-order valence-electron chi connectivity index (χ4n) is 1.88. The van der Waals surface area contributed by atoms with E-state index in [0.29, 0.717) is 10.8 Å². The van der Waals surface area contributed by atoms with E-state index >= 15 is 0 Å². The van der Waals surface area contributed by atoms with E-state index in [9.17, 15) is 14.4 Å². The van der Waals surface area contributed by atoms with Crippen LogP contribution in [0.25, 0.3) is 0 Å². The Morgan fingerprint density at radius 3 is 2.86 bits per heavy atom. The third kappa shape index (κ3) is 3.47. The van der Waals surface area contributed by atoms with Crippen molar-refractivity contribution >= 4 is 34.3 Å². The molecule has 1 saturated heterocycles. The summed E-state index contributed by atoms with van der Waals surface area (Å²) in [6, 6.07) is -1.15. The van der Waals surface area contributed by atoms with E-state index < -0.39 is 30.6 Å². The average molecular weight is 314 g/mol. The zero-order chi connectivity index (χ0) is 15.6. The number of nitrogen functional groups attached to an aromatic ring is 1. The fourth-order valence-corrected chi connectivity index (χ4v) is 2.44. The molecule has 2 atom stereocenters. The molecule has 1 aromatic heterocycles. The molecule has 1 aliphatic heterocycles. The van der Waals surface area contributed by atoms with Gasteiger partial charge in [-0.3, -0.25) is 14.4 Å². The third-order valence-corrected chi connectivity index (χ3v) is 3.61. The predicted octanol–water partition coefficient (Wildman–Crippen LogP) is -1.00. The predicted molar refractivity (Wildman–Crippen MR) is 72.1 cm³/mol. The summed E-state index contributed by atoms with van der Waals surface area (Å²) in [5.41, 5.74) is 6.00. The lowest BCUT2D eigenvalue weighted by Gasteiger charge is -2.43. The monoisotopic (exact) mass is 314 g/mol. The number of hydrogen-bond acceptors (Lipinski definition) is 7. The molecule has 0 saturated carbocycles. The Balaban J connectivity index is 1.82. The molecule has 0 aliphatic carbocycles. The Morgan fingerprint density at radius 1 is 1.62 bits per heavy atom.